The Morgan fingerprint density at radius 2 is 2.50 bits per heavy atom. The van der Waals surface area contributed by atoms with Crippen LogP contribution in [-0.4, -0.2) is 48.8 Å². The number of carbonyl (C=O) groups excluding carboxylic acids is 1. The van der Waals surface area contributed by atoms with E-state index < -0.39 is 6.10 Å². The lowest BCUT2D eigenvalue weighted by atomic mass is 10.2. The van der Waals surface area contributed by atoms with Crippen molar-refractivity contribution in [1.29, 1.82) is 0 Å². The van der Waals surface area contributed by atoms with E-state index in [2.05, 4.69) is 9.72 Å². The minimum absolute atomic E-state index is 0.356. The van der Waals surface area contributed by atoms with Gasteiger partial charge in [-0.25, -0.2) is 9.18 Å². The van der Waals surface area contributed by atoms with E-state index in [4.69, 9.17) is 4.74 Å². The van der Waals surface area contributed by atoms with Crippen LogP contribution in [-0.2, 0) is 20.8 Å². The van der Waals surface area contributed by atoms with Gasteiger partial charge in [-0.05, 0) is 11.6 Å². The molecule has 18 heavy (non-hydrogen) atoms. The highest BCUT2D eigenvalue weighted by Gasteiger charge is 2.27. The zero-order valence-electron chi connectivity index (χ0n) is 10.1. The zero-order chi connectivity index (χ0) is 13.0. The molecule has 2 heterocycles. The fourth-order valence-corrected chi connectivity index (χ4v) is 1.92. The van der Waals surface area contributed by atoms with Gasteiger partial charge in [-0.3, -0.25) is 9.88 Å². The van der Waals surface area contributed by atoms with Gasteiger partial charge < -0.3 is 9.47 Å². The Hall–Kier alpha value is -1.53. The van der Waals surface area contributed by atoms with Gasteiger partial charge in [-0.2, -0.15) is 0 Å². The SMILES string of the molecule is COC(=O)C1CN(Cc2cncc(F)c2)CCO1. The molecule has 1 aromatic rings. The number of pyridine rings is 1. The number of nitrogens with zero attached hydrogens (tertiary/aromatic N) is 2. The van der Waals surface area contributed by atoms with Gasteiger partial charge in [0, 0.05) is 25.8 Å². The fourth-order valence-electron chi connectivity index (χ4n) is 1.92. The van der Waals surface area contributed by atoms with Crippen LogP contribution in [0.15, 0.2) is 18.5 Å². The van der Waals surface area contributed by atoms with Crippen LogP contribution >= 0.6 is 0 Å². The van der Waals surface area contributed by atoms with Gasteiger partial charge in [0.25, 0.3) is 0 Å². The van der Waals surface area contributed by atoms with Crippen LogP contribution in [0.2, 0.25) is 0 Å². The summed E-state index contributed by atoms with van der Waals surface area (Å²) in [6.07, 6.45) is 2.22. The van der Waals surface area contributed by atoms with Gasteiger partial charge in [-0.1, -0.05) is 0 Å². The quantitative estimate of drug-likeness (QED) is 0.739. The molecule has 0 spiro atoms. The number of hydrogen-bond acceptors (Lipinski definition) is 5. The number of rotatable bonds is 3. The van der Waals surface area contributed by atoms with Crippen LogP contribution in [0.5, 0.6) is 0 Å². The van der Waals surface area contributed by atoms with E-state index in [9.17, 15) is 9.18 Å². The van der Waals surface area contributed by atoms with Crippen LogP contribution in [0.4, 0.5) is 4.39 Å². The normalized spacial score (nSPS) is 20.7. The summed E-state index contributed by atoms with van der Waals surface area (Å²) < 4.78 is 23.0. The molecule has 0 amide bonds. The first-order chi connectivity index (χ1) is 8.69. The predicted octanol–water partition coefficient (Wildman–Crippen LogP) is 0.594. The van der Waals surface area contributed by atoms with E-state index >= 15 is 0 Å². The third-order valence-corrected chi connectivity index (χ3v) is 2.78. The summed E-state index contributed by atoms with van der Waals surface area (Å²) in [5.74, 6) is -0.734. The molecule has 1 aromatic heterocycles. The van der Waals surface area contributed by atoms with Gasteiger partial charge in [0.2, 0.25) is 0 Å². The molecule has 1 saturated heterocycles. The molecule has 1 aliphatic rings. The van der Waals surface area contributed by atoms with Crippen molar-refractivity contribution in [2.24, 2.45) is 0 Å². The fraction of sp³-hybridized carbons (Fsp3) is 0.500. The largest absolute Gasteiger partial charge is 0.467 e. The Balaban J connectivity index is 1.95. The molecule has 1 atom stereocenters. The summed E-state index contributed by atoms with van der Waals surface area (Å²) in [7, 11) is 1.33. The van der Waals surface area contributed by atoms with Crippen molar-refractivity contribution in [3.05, 3.63) is 29.8 Å². The maximum Gasteiger partial charge on any atom is 0.336 e. The van der Waals surface area contributed by atoms with E-state index in [1.165, 1.54) is 19.4 Å². The summed E-state index contributed by atoms with van der Waals surface area (Å²) in [5, 5.41) is 0. The van der Waals surface area contributed by atoms with E-state index in [1.807, 2.05) is 4.90 Å². The first-order valence-electron chi connectivity index (χ1n) is 5.70. The molecular weight excluding hydrogens is 239 g/mol. The summed E-state index contributed by atoms with van der Waals surface area (Å²) >= 11 is 0. The Morgan fingerprint density at radius 1 is 1.67 bits per heavy atom. The number of hydrogen-bond donors (Lipinski definition) is 0. The molecule has 2 rings (SSSR count). The Labute approximate surface area is 105 Å². The van der Waals surface area contributed by atoms with Crippen molar-refractivity contribution in [1.82, 2.24) is 9.88 Å². The number of halogens is 1. The lowest BCUT2D eigenvalue weighted by molar-refractivity contribution is -0.160. The molecule has 0 bridgehead atoms. The standard InChI is InChI=1S/C12H15FN2O3/c1-17-12(16)11-8-15(2-3-18-11)7-9-4-10(13)6-14-5-9/h4-6,11H,2-3,7-8H2,1H3. The van der Waals surface area contributed by atoms with Crippen molar-refractivity contribution >= 4 is 5.97 Å². The van der Waals surface area contributed by atoms with Crippen LogP contribution in [0.25, 0.3) is 0 Å². The van der Waals surface area contributed by atoms with Crippen molar-refractivity contribution in [3.63, 3.8) is 0 Å². The van der Waals surface area contributed by atoms with Crippen molar-refractivity contribution in [2.75, 3.05) is 26.8 Å². The van der Waals surface area contributed by atoms with E-state index in [0.29, 0.717) is 26.2 Å². The highest BCUT2D eigenvalue weighted by molar-refractivity contribution is 5.74. The van der Waals surface area contributed by atoms with E-state index in [-0.39, 0.29) is 11.8 Å². The predicted molar refractivity (Wildman–Crippen MR) is 61.2 cm³/mol. The van der Waals surface area contributed by atoms with Crippen molar-refractivity contribution in [2.45, 2.75) is 12.6 Å². The molecule has 5 nitrogen and oxygen atoms in total. The highest BCUT2D eigenvalue weighted by Crippen LogP contribution is 2.11. The van der Waals surface area contributed by atoms with E-state index in [0.717, 1.165) is 5.56 Å². The van der Waals surface area contributed by atoms with Gasteiger partial charge in [0.05, 0.1) is 19.9 Å². The molecule has 0 aliphatic carbocycles. The topological polar surface area (TPSA) is 51.7 Å². The maximum absolute atomic E-state index is 13.0. The lowest BCUT2D eigenvalue weighted by Gasteiger charge is -2.31. The number of methoxy groups -OCH3 is 1. The number of ether oxygens (including phenoxy) is 2. The third kappa shape index (κ3) is 3.24. The van der Waals surface area contributed by atoms with Gasteiger partial charge in [-0.15, -0.1) is 0 Å². The van der Waals surface area contributed by atoms with Crippen molar-refractivity contribution < 1.29 is 18.7 Å². The molecule has 98 valence electrons. The maximum atomic E-state index is 13.0. The van der Waals surface area contributed by atoms with Gasteiger partial charge in [0.1, 0.15) is 5.82 Å². The van der Waals surface area contributed by atoms with Gasteiger partial charge >= 0.3 is 5.97 Å². The molecule has 1 unspecified atom stereocenters. The van der Waals surface area contributed by atoms with Crippen LogP contribution < -0.4 is 0 Å². The Kier molecular flexibility index (Phi) is 4.22. The number of aromatic nitrogens is 1. The third-order valence-electron chi connectivity index (χ3n) is 2.78. The van der Waals surface area contributed by atoms with Crippen LogP contribution in [0.1, 0.15) is 5.56 Å². The molecule has 0 N–H and O–H groups in total. The number of carbonyl (C=O) groups is 1. The van der Waals surface area contributed by atoms with Crippen molar-refractivity contribution in [3.8, 4) is 0 Å². The molecule has 0 saturated carbocycles. The minimum Gasteiger partial charge on any atom is -0.467 e. The molecule has 6 heteroatoms. The number of morpholine rings is 1. The molecule has 1 fully saturated rings. The summed E-state index contributed by atoms with van der Waals surface area (Å²) in [6.45, 7) is 2.15. The lowest BCUT2D eigenvalue weighted by Crippen LogP contribution is -2.46. The Bertz CT molecular complexity index is 428. The first-order valence-corrected chi connectivity index (χ1v) is 5.70. The van der Waals surface area contributed by atoms with E-state index in [1.54, 1.807) is 6.20 Å². The van der Waals surface area contributed by atoms with Crippen LogP contribution in [0.3, 0.4) is 0 Å². The second kappa shape index (κ2) is 5.88. The summed E-state index contributed by atoms with van der Waals surface area (Å²) in [4.78, 5) is 17.2. The first kappa shape index (κ1) is 12.9. The summed E-state index contributed by atoms with van der Waals surface area (Å²) in [5.41, 5.74) is 0.778. The second-order valence-electron chi connectivity index (χ2n) is 4.13. The minimum atomic E-state index is -0.565. The Morgan fingerprint density at radius 3 is 3.22 bits per heavy atom. The zero-order valence-corrected chi connectivity index (χ0v) is 10.1. The smallest absolute Gasteiger partial charge is 0.336 e. The molecule has 1 aliphatic heterocycles. The highest BCUT2D eigenvalue weighted by atomic mass is 19.1. The molecular formula is C12H15FN2O3. The molecule has 0 radical (unpaired) electrons. The average Bonchev–Trinajstić information content (AvgIpc) is 2.38. The summed E-state index contributed by atoms with van der Waals surface area (Å²) in [6, 6.07) is 1.44. The van der Waals surface area contributed by atoms with Gasteiger partial charge in [0.15, 0.2) is 6.10 Å². The number of esters is 1. The second-order valence-corrected chi connectivity index (χ2v) is 4.13. The molecule has 0 aromatic carbocycles. The van der Waals surface area contributed by atoms with Crippen LogP contribution in [0, 0.1) is 5.82 Å². The average molecular weight is 254 g/mol. The monoisotopic (exact) mass is 254 g/mol.